The number of nitrogens with one attached hydrogen (secondary N) is 1. The predicted molar refractivity (Wildman–Crippen MR) is 120 cm³/mol. The molecule has 7 N–H and O–H groups in total. The average Bonchev–Trinajstić information content (AvgIpc) is 2.68. The Morgan fingerprint density at radius 3 is 2.31 bits per heavy atom. The normalized spacial score (nSPS) is 15.3. The smallest absolute Gasteiger partial charge is 0.370 e. The standard InChI is InChI=1S/C19H30N6O2.H2O4S/c1-22-17(13-15-7-3-2-4-8-15)18(27)25(24-11-6-12-24)16(14-26)9-5-10-23-19(20)21;1-5(2,3)4/h2-4,7-8,14,16-17,22H,5-6,9-13H2,1H3,(H4,20,21,23);(H2,1,2,3,4)/t16-,17+;/m0./s1. The van der Waals surface area contributed by atoms with Crippen molar-refractivity contribution in [3.63, 3.8) is 0 Å². The lowest BCUT2D eigenvalue weighted by atomic mass is 10.0. The molecule has 0 spiro atoms. The van der Waals surface area contributed by atoms with Crippen molar-refractivity contribution in [1.29, 1.82) is 0 Å². The van der Waals surface area contributed by atoms with Gasteiger partial charge in [0, 0.05) is 19.6 Å². The van der Waals surface area contributed by atoms with Gasteiger partial charge in [0.05, 0.1) is 6.04 Å². The SMILES string of the molecule is CN[C@H](Cc1ccccc1)C(=O)N([C@H](C=O)CCCN=C(N)N)N1CCC1.O=S(=O)(O)O. The highest BCUT2D eigenvalue weighted by molar-refractivity contribution is 7.79. The molecule has 1 aliphatic heterocycles. The van der Waals surface area contributed by atoms with Crippen LogP contribution in [0.5, 0.6) is 0 Å². The number of rotatable bonds is 11. The van der Waals surface area contributed by atoms with Crippen LogP contribution in [-0.2, 0) is 26.4 Å². The Balaban J connectivity index is 0.000000920. The molecule has 0 aliphatic carbocycles. The maximum Gasteiger partial charge on any atom is 0.394 e. The summed E-state index contributed by atoms with van der Waals surface area (Å²) in [5, 5.41) is 6.70. The second-order valence-corrected chi connectivity index (χ2v) is 8.02. The van der Waals surface area contributed by atoms with Crippen LogP contribution in [0.25, 0.3) is 0 Å². The summed E-state index contributed by atoms with van der Waals surface area (Å²) in [6.45, 7) is 2.01. The van der Waals surface area contributed by atoms with E-state index in [2.05, 4.69) is 10.3 Å². The summed E-state index contributed by atoms with van der Waals surface area (Å²) in [6.07, 6.45) is 3.58. The zero-order chi connectivity index (χ0) is 24.1. The van der Waals surface area contributed by atoms with Crippen LogP contribution in [-0.4, -0.2) is 84.5 Å². The molecule has 0 unspecified atom stereocenters. The molecule has 0 bridgehead atoms. The summed E-state index contributed by atoms with van der Waals surface area (Å²) in [5.74, 6) is -0.0496. The average molecular weight is 473 g/mol. The van der Waals surface area contributed by atoms with Crippen molar-refractivity contribution in [3.8, 4) is 0 Å². The molecular formula is C19H32N6O6S. The Bertz CT molecular complexity index is 835. The van der Waals surface area contributed by atoms with Crippen molar-refractivity contribution in [3.05, 3.63) is 35.9 Å². The van der Waals surface area contributed by atoms with Crippen LogP contribution in [0.4, 0.5) is 0 Å². The number of guanidine groups is 1. The fourth-order valence-electron chi connectivity index (χ4n) is 3.11. The van der Waals surface area contributed by atoms with Gasteiger partial charge < -0.3 is 21.6 Å². The van der Waals surface area contributed by atoms with E-state index in [0.717, 1.165) is 31.4 Å². The quantitative estimate of drug-likeness (QED) is 0.0898. The molecule has 1 aromatic carbocycles. The number of hydrazine groups is 1. The van der Waals surface area contributed by atoms with Gasteiger partial charge in [-0.05, 0) is 38.3 Å². The fourth-order valence-corrected chi connectivity index (χ4v) is 3.11. The number of carbonyl (C=O) groups excluding carboxylic acids is 2. The van der Waals surface area contributed by atoms with E-state index in [0.29, 0.717) is 25.8 Å². The molecule has 0 radical (unpaired) electrons. The maximum atomic E-state index is 13.2. The Labute approximate surface area is 188 Å². The van der Waals surface area contributed by atoms with Crippen LogP contribution in [0.15, 0.2) is 35.3 Å². The Hall–Kier alpha value is -2.58. The molecule has 32 heavy (non-hydrogen) atoms. The first kappa shape index (κ1) is 27.5. The molecule has 180 valence electrons. The third-order valence-corrected chi connectivity index (χ3v) is 4.72. The summed E-state index contributed by atoms with van der Waals surface area (Å²) in [6, 6.07) is 8.95. The summed E-state index contributed by atoms with van der Waals surface area (Å²) in [7, 11) is -2.89. The summed E-state index contributed by atoms with van der Waals surface area (Å²) in [5.41, 5.74) is 11.7. The van der Waals surface area contributed by atoms with Crippen molar-refractivity contribution in [1.82, 2.24) is 15.3 Å². The minimum Gasteiger partial charge on any atom is -0.370 e. The van der Waals surface area contributed by atoms with E-state index in [9.17, 15) is 9.59 Å². The van der Waals surface area contributed by atoms with Gasteiger partial charge in [-0.1, -0.05) is 30.3 Å². The van der Waals surface area contributed by atoms with Gasteiger partial charge in [-0.15, -0.1) is 0 Å². The highest BCUT2D eigenvalue weighted by Crippen LogP contribution is 2.19. The van der Waals surface area contributed by atoms with Gasteiger partial charge in [0.15, 0.2) is 5.96 Å². The second kappa shape index (κ2) is 13.8. The van der Waals surface area contributed by atoms with Crippen LogP contribution < -0.4 is 16.8 Å². The third-order valence-electron chi connectivity index (χ3n) is 4.72. The van der Waals surface area contributed by atoms with Crippen molar-refractivity contribution < 1.29 is 27.1 Å². The summed E-state index contributed by atoms with van der Waals surface area (Å²) < 4.78 is 31.6. The lowest BCUT2D eigenvalue weighted by Gasteiger charge is -2.44. The molecule has 12 nitrogen and oxygen atoms in total. The van der Waals surface area contributed by atoms with E-state index in [-0.39, 0.29) is 11.9 Å². The zero-order valence-electron chi connectivity index (χ0n) is 18.0. The molecule has 1 saturated heterocycles. The number of aldehydes is 1. The van der Waals surface area contributed by atoms with Gasteiger partial charge in [0.25, 0.3) is 5.91 Å². The molecule has 1 amide bonds. The molecule has 0 aromatic heterocycles. The molecule has 1 aliphatic rings. The molecule has 1 heterocycles. The van der Waals surface area contributed by atoms with Crippen molar-refractivity contribution in [2.24, 2.45) is 16.5 Å². The van der Waals surface area contributed by atoms with Crippen LogP contribution in [0, 0.1) is 0 Å². The van der Waals surface area contributed by atoms with Crippen LogP contribution in [0.1, 0.15) is 24.8 Å². The number of likely N-dealkylation sites (N-methyl/N-ethyl adjacent to an activating group) is 1. The van der Waals surface area contributed by atoms with Crippen molar-refractivity contribution in [2.75, 3.05) is 26.7 Å². The number of aliphatic imine (C=N–C) groups is 1. The van der Waals surface area contributed by atoms with Gasteiger partial charge in [-0.25, -0.2) is 5.01 Å². The summed E-state index contributed by atoms with van der Waals surface area (Å²) >= 11 is 0. The number of carbonyl (C=O) groups is 2. The van der Waals surface area contributed by atoms with E-state index in [4.69, 9.17) is 29.0 Å². The third kappa shape index (κ3) is 10.6. The predicted octanol–water partition coefficient (Wildman–Crippen LogP) is -0.765. The molecular weight excluding hydrogens is 440 g/mol. The minimum atomic E-state index is -4.67. The van der Waals surface area contributed by atoms with E-state index >= 15 is 0 Å². The maximum absolute atomic E-state index is 13.2. The van der Waals surface area contributed by atoms with Crippen LogP contribution in [0.3, 0.4) is 0 Å². The topological polar surface area (TPSA) is 192 Å². The number of hydrogen-bond donors (Lipinski definition) is 5. The van der Waals surface area contributed by atoms with Gasteiger partial charge >= 0.3 is 10.4 Å². The largest absolute Gasteiger partial charge is 0.394 e. The van der Waals surface area contributed by atoms with Crippen molar-refractivity contribution >= 4 is 28.6 Å². The molecule has 1 aromatic rings. The molecule has 0 saturated carbocycles. The molecule has 2 rings (SSSR count). The number of nitrogens with two attached hydrogens (primary N) is 2. The fraction of sp³-hybridized carbons (Fsp3) is 0.526. The molecule has 13 heteroatoms. The van der Waals surface area contributed by atoms with E-state index < -0.39 is 22.5 Å². The van der Waals surface area contributed by atoms with Gasteiger partial charge in [0.2, 0.25) is 0 Å². The highest BCUT2D eigenvalue weighted by Gasteiger charge is 2.35. The second-order valence-electron chi connectivity index (χ2n) is 7.12. The first-order valence-corrected chi connectivity index (χ1v) is 11.5. The number of hydrogen-bond acceptors (Lipinski definition) is 7. The number of benzene rings is 1. The first-order chi connectivity index (χ1) is 15.1. The van der Waals surface area contributed by atoms with E-state index in [1.54, 1.807) is 12.1 Å². The first-order valence-electron chi connectivity index (χ1n) is 10.1. The highest BCUT2D eigenvalue weighted by atomic mass is 32.3. The van der Waals surface area contributed by atoms with E-state index in [1.807, 2.05) is 35.3 Å². The Morgan fingerprint density at radius 1 is 1.28 bits per heavy atom. The monoisotopic (exact) mass is 472 g/mol. The van der Waals surface area contributed by atoms with Gasteiger partial charge in [-0.2, -0.15) is 8.42 Å². The number of nitrogens with zero attached hydrogens (tertiary/aromatic N) is 3. The van der Waals surface area contributed by atoms with Crippen molar-refractivity contribution in [2.45, 2.75) is 37.8 Å². The molecule has 1 fully saturated rings. The Kier molecular flexibility index (Phi) is 11.8. The Morgan fingerprint density at radius 2 is 1.88 bits per heavy atom. The van der Waals surface area contributed by atoms with E-state index in [1.165, 1.54) is 0 Å². The minimum absolute atomic E-state index is 0.0337. The zero-order valence-corrected chi connectivity index (χ0v) is 18.8. The van der Waals surface area contributed by atoms with Crippen LogP contribution in [0.2, 0.25) is 0 Å². The lowest BCUT2D eigenvalue weighted by molar-refractivity contribution is -0.168. The summed E-state index contributed by atoms with van der Waals surface area (Å²) in [4.78, 5) is 29.0. The van der Waals surface area contributed by atoms with Gasteiger partial charge in [-0.3, -0.25) is 23.9 Å². The van der Waals surface area contributed by atoms with Gasteiger partial charge in [0.1, 0.15) is 12.3 Å². The molecule has 2 atom stereocenters. The lowest BCUT2D eigenvalue weighted by Crippen LogP contribution is -2.62. The number of amides is 1. The van der Waals surface area contributed by atoms with Crippen LogP contribution >= 0.6 is 0 Å².